The number of rotatable bonds is 8. The number of nitrogens with one attached hydrogen (secondary N) is 2. The van der Waals surface area contributed by atoms with Gasteiger partial charge in [-0.1, -0.05) is 11.8 Å². The quantitative estimate of drug-likeness (QED) is 0.527. The smallest absolute Gasteiger partial charge is 0.325 e. The third kappa shape index (κ3) is 6.26. The van der Waals surface area contributed by atoms with Crippen molar-refractivity contribution in [3.8, 4) is 0 Å². The van der Waals surface area contributed by atoms with E-state index in [-0.39, 0.29) is 36.4 Å². The molecule has 0 aliphatic rings. The first-order valence-electron chi connectivity index (χ1n) is 7.32. The van der Waals surface area contributed by atoms with Crippen molar-refractivity contribution < 1.29 is 23.5 Å². The Balaban J connectivity index is 1.75. The standard InChI is InChI=1S/C15H16N4O5S/c1-2-23-14(21)8-16-12(20)9-25-13-6-5-11(18-19-13)17-15(22)10-4-3-7-24-10/h3-7H,2,8-9H2,1H3,(H,16,20)(H,17,18,22). The summed E-state index contributed by atoms with van der Waals surface area (Å²) in [6.45, 7) is 1.79. The number of thioether (sulfide) groups is 1. The summed E-state index contributed by atoms with van der Waals surface area (Å²) in [6, 6.07) is 6.32. The van der Waals surface area contributed by atoms with E-state index < -0.39 is 11.9 Å². The van der Waals surface area contributed by atoms with Crippen LogP contribution in [0, 0.1) is 0 Å². The van der Waals surface area contributed by atoms with Gasteiger partial charge in [-0.2, -0.15) is 0 Å². The molecule has 2 rings (SSSR count). The molecular formula is C15H16N4O5S. The Morgan fingerprint density at radius 2 is 2.08 bits per heavy atom. The molecule has 0 saturated carbocycles. The normalized spacial score (nSPS) is 10.1. The summed E-state index contributed by atoms with van der Waals surface area (Å²) >= 11 is 1.15. The maximum Gasteiger partial charge on any atom is 0.325 e. The van der Waals surface area contributed by atoms with Crippen LogP contribution in [-0.2, 0) is 14.3 Å². The second-order valence-corrected chi connectivity index (χ2v) is 5.55. The first-order chi connectivity index (χ1) is 12.1. The summed E-state index contributed by atoms with van der Waals surface area (Å²) in [5, 5.41) is 13.2. The highest BCUT2D eigenvalue weighted by molar-refractivity contribution is 7.99. The molecule has 2 aromatic heterocycles. The van der Waals surface area contributed by atoms with Crippen LogP contribution in [0.5, 0.6) is 0 Å². The Kier molecular flexibility index (Phi) is 6.96. The molecule has 0 unspecified atom stereocenters. The number of carbonyl (C=O) groups is 3. The molecule has 0 saturated heterocycles. The van der Waals surface area contributed by atoms with Gasteiger partial charge in [-0.15, -0.1) is 10.2 Å². The lowest BCUT2D eigenvalue weighted by molar-refractivity contribution is -0.143. The number of furan rings is 1. The lowest BCUT2D eigenvalue weighted by Crippen LogP contribution is -2.31. The Morgan fingerprint density at radius 1 is 1.24 bits per heavy atom. The number of aromatic nitrogens is 2. The van der Waals surface area contributed by atoms with Gasteiger partial charge in [-0.3, -0.25) is 14.4 Å². The molecule has 25 heavy (non-hydrogen) atoms. The zero-order valence-corrected chi connectivity index (χ0v) is 14.2. The van der Waals surface area contributed by atoms with Crippen LogP contribution < -0.4 is 10.6 Å². The van der Waals surface area contributed by atoms with E-state index in [4.69, 9.17) is 9.15 Å². The van der Waals surface area contributed by atoms with Gasteiger partial charge in [0.15, 0.2) is 11.6 Å². The average Bonchev–Trinajstić information content (AvgIpc) is 3.14. The summed E-state index contributed by atoms with van der Waals surface area (Å²) in [5.74, 6) is -0.743. The molecule has 0 aliphatic carbocycles. The molecule has 0 fully saturated rings. The van der Waals surface area contributed by atoms with Crippen molar-refractivity contribution in [3.63, 3.8) is 0 Å². The Morgan fingerprint density at radius 3 is 2.72 bits per heavy atom. The number of carbonyl (C=O) groups excluding carboxylic acids is 3. The molecule has 10 heteroatoms. The SMILES string of the molecule is CCOC(=O)CNC(=O)CSc1ccc(NC(=O)c2ccco2)nn1. The van der Waals surface area contributed by atoms with Crippen molar-refractivity contribution in [1.82, 2.24) is 15.5 Å². The average molecular weight is 364 g/mol. The van der Waals surface area contributed by atoms with Crippen LogP contribution in [0.4, 0.5) is 5.82 Å². The molecular weight excluding hydrogens is 348 g/mol. The van der Waals surface area contributed by atoms with Crippen molar-refractivity contribution in [2.45, 2.75) is 11.9 Å². The molecule has 0 aromatic carbocycles. The minimum Gasteiger partial charge on any atom is -0.465 e. The summed E-state index contributed by atoms with van der Waals surface area (Å²) in [5.41, 5.74) is 0. The van der Waals surface area contributed by atoms with Gasteiger partial charge in [0.05, 0.1) is 18.6 Å². The topological polar surface area (TPSA) is 123 Å². The van der Waals surface area contributed by atoms with Gasteiger partial charge >= 0.3 is 5.97 Å². The van der Waals surface area contributed by atoms with E-state index in [0.717, 1.165) is 11.8 Å². The van der Waals surface area contributed by atoms with Crippen LogP contribution in [0.25, 0.3) is 0 Å². The van der Waals surface area contributed by atoms with Gasteiger partial charge in [0.1, 0.15) is 11.6 Å². The first kappa shape index (κ1) is 18.5. The fraction of sp³-hybridized carbons (Fsp3) is 0.267. The highest BCUT2D eigenvalue weighted by Crippen LogP contribution is 2.15. The maximum absolute atomic E-state index is 11.8. The van der Waals surface area contributed by atoms with Crippen LogP contribution in [0.15, 0.2) is 40.0 Å². The lowest BCUT2D eigenvalue weighted by Gasteiger charge is -2.05. The zero-order chi connectivity index (χ0) is 18.1. The highest BCUT2D eigenvalue weighted by Gasteiger charge is 2.11. The van der Waals surface area contributed by atoms with Gasteiger partial charge < -0.3 is 19.8 Å². The van der Waals surface area contributed by atoms with Crippen LogP contribution in [0.2, 0.25) is 0 Å². The number of amides is 2. The minimum atomic E-state index is -0.489. The molecule has 0 atom stereocenters. The van der Waals surface area contributed by atoms with Crippen LogP contribution in [-0.4, -0.2) is 46.9 Å². The van der Waals surface area contributed by atoms with Gasteiger partial charge in [0, 0.05) is 0 Å². The number of esters is 1. The number of nitrogens with zero attached hydrogens (tertiary/aromatic N) is 2. The first-order valence-corrected chi connectivity index (χ1v) is 8.30. The summed E-state index contributed by atoms with van der Waals surface area (Å²) in [6.07, 6.45) is 1.40. The van der Waals surface area contributed by atoms with E-state index in [1.165, 1.54) is 12.3 Å². The van der Waals surface area contributed by atoms with Crippen molar-refractivity contribution in [2.24, 2.45) is 0 Å². The predicted molar refractivity (Wildman–Crippen MR) is 89.1 cm³/mol. The van der Waals surface area contributed by atoms with E-state index in [1.54, 1.807) is 25.1 Å². The highest BCUT2D eigenvalue weighted by atomic mass is 32.2. The number of anilines is 1. The number of hydrogen-bond donors (Lipinski definition) is 2. The molecule has 9 nitrogen and oxygen atoms in total. The second-order valence-electron chi connectivity index (χ2n) is 4.56. The number of ether oxygens (including phenoxy) is 1. The van der Waals surface area contributed by atoms with Crippen molar-refractivity contribution in [2.75, 3.05) is 24.2 Å². The van der Waals surface area contributed by atoms with Crippen molar-refractivity contribution in [1.29, 1.82) is 0 Å². The monoisotopic (exact) mass is 364 g/mol. The zero-order valence-electron chi connectivity index (χ0n) is 13.4. The molecule has 0 spiro atoms. The maximum atomic E-state index is 11.8. The molecule has 2 heterocycles. The molecule has 0 radical (unpaired) electrons. The van der Waals surface area contributed by atoms with E-state index in [9.17, 15) is 14.4 Å². The van der Waals surface area contributed by atoms with E-state index >= 15 is 0 Å². The summed E-state index contributed by atoms with van der Waals surface area (Å²) in [4.78, 5) is 34.5. The van der Waals surface area contributed by atoms with Crippen LogP contribution in [0.1, 0.15) is 17.5 Å². The predicted octanol–water partition coefficient (Wildman–Crippen LogP) is 1.09. The third-order valence-electron chi connectivity index (χ3n) is 2.71. The van der Waals surface area contributed by atoms with Gasteiger partial charge in [-0.05, 0) is 31.2 Å². The molecule has 2 aromatic rings. The fourth-order valence-corrected chi connectivity index (χ4v) is 2.27. The van der Waals surface area contributed by atoms with Gasteiger partial charge in [0.25, 0.3) is 5.91 Å². The summed E-state index contributed by atoms with van der Waals surface area (Å²) < 4.78 is 9.67. The van der Waals surface area contributed by atoms with Crippen LogP contribution in [0.3, 0.4) is 0 Å². The molecule has 132 valence electrons. The van der Waals surface area contributed by atoms with Crippen molar-refractivity contribution in [3.05, 3.63) is 36.3 Å². The van der Waals surface area contributed by atoms with E-state index in [2.05, 4.69) is 20.8 Å². The molecule has 2 N–H and O–H groups in total. The van der Waals surface area contributed by atoms with E-state index in [1.807, 2.05) is 0 Å². The summed E-state index contributed by atoms with van der Waals surface area (Å²) in [7, 11) is 0. The minimum absolute atomic E-state index is 0.0756. The molecule has 0 aliphatic heterocycles. The third-order valence-corrected chi connectivity index (χ3v) is 3.63. The fourth-order valence-electron chi connectivity index (χ4n) is 1.62. The molecule has 0 bridgehead atoms. The Hall–Kier alpha value is -2.88. The van der Waals surface area contributed by atoms with Gasteiger partial charge in [-0.25, -0.2) is 0 Å². The lowest BCUT2D eigenvalue weighted by atomic mass is 10.4. The largest absolute Gasteiger partial charge is 0.465 e. The Labute approximate surface area is 147 Å². The Bertz CT molecular complexity index is 718. The van der Waals surface area contributed by atoms with Crippen LogP contribution >= 0.6 is 11.8 Å². The van der Waals surface area contributed by atoms with Gasteiger partial charge in [0.2, 0.25) is 5.91 Å². The number of hydrogen-bond acceptors (Lipinski definition) is 8. The second kappa shape index (κ2) is 9.42. The van der Waals surface area contributed by atoms with E-state index in [0.29, 0.717) is 5.03 Å². The molecule has 2 amide bonds. The van der Waals surface area contributed by atoms with Crippen molar-refractivity contribution >= 4 is 35.4 Å².